The Labute approximate surface area is 121 Å². The highest BCUT2D eigenvalue weighted by Gasteiger charge is 2.31. The van der Waals surface area contributed by atoms with E-state index in [2.05, 4.69) is 5.32 Å². The molecule has 1 aliphatic rings. The zero-order valence-corrected chi connectivity index (χ0v) is 13.8. The lowest BCUT2D eigenvalue weighted by molar-refractivity contribution is 0.0489. The number of sulfonamides is 1. The maximum Gasteiger partial charge on any atom is 0.407 e. The van der Waals surface area contributed by atoms with Crippen molar-refractivity contribution in [3.63, 3.8) is 0 Å². The highest BCUT2D eigenvalue weighted by molar-refractivity contribution is 7.89. The smallest absolute Gasteiger partial charge is 0.407 e. The number of hydrogen-bond acceptors (Lipinski definition) is 4. The normalized spacial score (nSPS) is 19.1. The Balaban J connectivity index is 2.46. The number of nitrogens with zero attached hydrogens (tertiary/aromatic N) is 1. The first-order valence-corrected chi connectivity index (χ1v) is 8.51. The topological polar surface area (TPSA) is 75.7 Å². The molecule has 1 aliphatic heterocycles. The van der Waals surface area contributed by atoms with E-state index in [1.807, 2.05) is 20.8 Å². The van der Waals surface area contributed by atoms with Crippen LogP contribution in [0.25, 0.3) is 0 Å². The standard InChI is InChI=1S/C13H26N2O4S/c1-10(2)20(17,18)15-8-6-11(7-9-15)14-12(16)19-13(3,4)5/h10-11H,6-9H2,1-5H3,(H,14,16). The summed E-state index contributed by atoms with van der Waals surface area (Å²) >= 11 is 0. The van der Waals surface area contributed by atoms with Gasteiger partial charge in [-0.2, -0.15) is 0 Å². The fraction of sp³-hybridized carbons (Fsp3) is 0.923. The number of nitrogens with one attached hydrogen (secondary N) is 1. The second-order valence-electron chi connectivity index (χ2n) is 6.41. The summed E-state index contributed by atoms with van der Waals surface area (Å²) < 4.78 is 30.7. The molecule has 1 fully saturated rings. The van der Waals surface area contributed by atoms with E-state index < -0.39 is 27.0 Å². The van der Waals surface area contributed by atoms with E-state index in [-0.39, 0.29) is 6.04 Å². The van der Waals surface area contributed by atoms with Gasteiger partial charge in [0.15, 0.2) is 0 Å². The number of carbonyl (C=O) groups excluding carboxylic acids is 1. The fourth-order valence-electron chi connectivity index (χ4n) is 2.03. The molecular formula is C13H26N2O4S. The van der Waals surface area contributed by atoms with Crippen LogP contribution in [0.4, 0.5) is 4.79 Å². The van der Waals surface area contributed by atoms with Crippen LogP contribution in [0.1, 0.15) is 47.5 Å². The van der Waals surface area contributed by atoms with E-state index in [4.69, 9.17) is 4.74 Å². The first-order chi connectivity index (χ1) is 9.02. The second-order valence-corrected chi connectivity index (χ2v) is 8.90. The van der Waals surface area contributed by atoms with Crippen molar-refractivity contribution < 1.29 is 17.9 Å². The van der Waals surface area contributed by atoms with Crippen LogP contribution in [0.15, 0.2) is 0 Å². The summed E-state index contributed by atoms with van der Waals surface area (Å²) in [5, 5.41) is 2.39. The maximum absolute atomic E-state index is 12.0. The van der Waals surface area contributed by atoms with Crippen molar-refractivity contribution in [2.24, 2.45) is 0 Å². The summed E-state index contributed by atoms with van der Waals surface area (Å²) in [6, 6.07) is -0.0246. The monoisotopic (exact) mass is 306 g/mol. The summed E-state index contributed by atoms with van der Waals surface area (Å²) in [6.45, 7) is 9.68. The minimum absolute atomic E-state index is 0.0246. The van der Waals surface area contributed by atoms with Gasteiger partial charge in [0.2, 0.25) is 10.0 Å². The lowest BCUT2D eigenvalue weighted by atomic mass is 10.1. The van der Waals surface area contributed by atoms with Crippen LogP contribution in [0, 0.1) is 0 Å². The molecule has 118 valence electrons. The Kier molecular flexibility index (Phi) is 5.43. The number of carbonyl (C=O) groups is 1. The van der Waals surface area contributed by atoms with E-state index in [1.165, 1.54) is 4.31 Å². The van der Waals surface area contributed by atoms with Crippen molar-refractivity contribution in [2.45, 2.75) is 64.4 Å². The molecule has 0 saturated carbocycles. The first-order valence-electron chi connectivity index (χ1n) is 7.01. The molecule has 1 saturated heterocycles. The largest absolute Gasteiger partial charge is 0.444 e. The summed E-state index contributed by atoms with van der Waals surface area (Å²) in [5.74, 6) is 0. The van der Waals surface area contributed by atoms with Crippen molar-refractivity contribution in [1.29, 1.82) is 0 Å². The molecule has 0 aromatic rings. The third kappa shape index (κ3) is 4.94. The Hall–Kier alpha value is -0.820. The molecular weight excluding hydrogens is 280 g/mol. The van der Waals surface area contributed by atoms with Gasteiger partial charge >= 0.3 is 6.09 Å². The predicted octanol–water partition coefficient (Wildman–Crippen LogP) is 1.71. The van der Waals surface area contributed by atoms with Crippen LogP contribution in [-0.4, -0.2) is 48.8 Å². The third-order valence-corrected chi connectivity index (χ3v) is 5.41. The third-order valence-electron chi connectivity index (χ3n) is 3.13. The molecule has 6 nitrogen and oxygen atoms in total. The van der Waals surface area contributed by atoms with Crippen molar-refractivity contribution in [1.82, 2.24) is 9.62 Å². The van der Waals surface area contributed by atoms with E-state index in [0.717, 1.165) is 0 Å². The molecule has 20 heavy (non-hydrogen) atoms. The van der Waals surface area contributed by atoms with Crippen LogP contribution in [0.3, 0.4) is 0 Å². The summed E-state index contributed by atoms with van der Waals surface area (Å²) in [6.07, 6.45) is 0.791. The van der Waals surface area contributed by atoms with Gasteiger partial charge in [-0.05, 0) is 47.5 Å². The molecule has 1 N–H and O–H groups in total. The van der Waals surface area contributed by atoms with Gasteiger partial charge < -0.3 is 10.1 Å². The summed E-state index contributed by atoms with van der Waals surface area (Å²) in [4.78, 5) is 11.6. The lowest BCUT2D eigenvalue weighted by Gasteiger charge is -2.33. The number of alkyl carbamates (subject to hydrolysis) is 1. The molecule has 1 rings (SSSR count). The number of ether oxygens (including phenoxy) is 1. The molecule has 1 amide bonds. The van der Waals surface area contributed by atoms with E-state index >= 15 is 0 Å². The highest BCUT2D eigenvalue weighted by atomic mass is 32.2. The number of rotatable bonds is 3. The fourth-order valence-corrected chi connectivity index (χ4v) is 3.34. The van der Waals surface area contributed by atoms with Crippen LogP contribution in [0.5, 0.6) is 0 Å². The molecule has 0 atom stereocenters. The zero-order chi connectivity index (χ0) is 15.6. The van der Waals surface area contributed by atoms with Crippen LogP contribution in [0.2, 0.25) is 0 Å². The van der Waals surface area contributed by atoms with Gasteiger partial charge in [-0.25, -0.2) is 17.5 Å². The zero-order valence-electron chi connectivity index (χ0n) is 13.0. The number of piperidine rings is 1. The Morgan fingerprint density at radius 1 is 1.25 bits per heavy atom. The minimum atomic E-state index is -3.19. The van der Waals surface area contributed by atoms with Gasteiger partial charge in [0.1, 0.15) is 5.60 Å². The average molecular weight is 306 g/mol. The van der Waals surface area contributed by atoms with Gasteiger partial charge in [0.05, 0.1) is 5.25 Å². The van der Waals surface area contributed by atoms with Gasteiger partial charge in [-0.15, -0.1) is 0 Å². The van der Waals surface area contributed by atoms with E-state index in [9.17, 15) is 13.2 Å². The van der Waals surface area contributed by atoms with Crippen LogP contribution >= 0.6 is 0 Å². The number of amides is 1. The van der Waals surface area contributed by atoms with Crippen LogP contribution < -0.4 is 5.32 Å². The predicted molar refractivity (Wildman–Crippen MR) is 78.0 cm³/mol. The van der Waals surface area contributed by atoms with Crippen molar-refractivity contribution in [3.8, 4) is 0 Å². The molecule has 0 aromatic heterocycles. The quantitative estimate of drug-likeness (QED) is 0.861. The Morgan fingerprint density at radius 3 is 2.15 bits per heavy atom. The molecule has 0 aromatic carbocycles. The Morgan fingerprint density at radius 2 is 1.75 bits per heavy atom. The first kappa shape index (κ1) is 17.2. The minimum Gasteiger partial charge on any atom is -0.444 e. The van der Waals surface area contributed by atoms with Crippen LogP contribution in [-0.2, 0) is 14.8 Å². The Bertz CT molecular complexity index is 432. The summed E-state index contributed by atoms with van der Waals surface area (Å²) in [5.41, 5.74) is -0.522. The highest BCUT2D eigenvalue weighted by Crippen LogP contribution is 2.17. The maximum atomic E-state index is 12.0. The van der Waals surface area contributed by atoms with Gasteiger partial charge in [-0.1, -0.05) is 0 Å². The second kappa shape index (κ2) is 6.30. The van der Waals surface area contributed by atoms with E-state index in [1.54, 1.807) is 13.8 Å². The number of hydrogen-bond donors (Lipinski definition) is 1. The lowest BCUT2D eigenvalue weighted by Crippen LogP contribution is -2.48. The van der Waals surface area contributed by atoms with Crippen molar-refractivity contribution in [3.05, 3.63) is 0 Å². The summed E-state index contributed by atoms with van der Waals surface area (Å²) in [7, 11) is -3.19. The van der Waals surface area contributed by atoms with Crippen molar-refractivity contribution in [2.75, 3.05) is 13.1 Å². The average Bonchev–Trinajstić information content (AvgIpc) is 2.26. The SMILES string of the molecule is CC(C)S(=O)(=O)N1CCC(NC(=O)OC(C)(C)C)CC1. The van der Waals surface area contributed by atoms with Gasteiger partial charge in [0.25, 0.3) is 0 Å². The van der Waals surface area contributed by atoms with Crippen molar-refractivity contribution >= 4 is 16.1 Å². The molecule has 0 unspecified atom stereocenters. The molecule has 7 heteroatoms. The molecule has 0 spiro atoms. The molecule has 0 bridgehead atoms. The molecule has 0 aliphatic carbocycles. The van der Waals surface area contributed by atoms with Gasteiger partial charge in [-0.3, -0.25) is 0 Å². The van der Waals surface area contributed by atoms with E-state index in [0.29, 0.717) is 25.9 Å². The molecule has 0 radical (unpaired) electrons. The molecule has 1 heterocycles. The van der Waals surface area contributed by atoms with Gasteiger partial charge in [0, 0.05) is 19.1 Å².